The van der Waals surface area contributed by atoms with E-state index in [9.17, 15) is 8.42 Å². The number of nitrogens with zero attached hydrogens (tertiary/aromatic N) is 1. The zero-order valence-electron chi connectivity index (χ0n) is 11.2. The molecule has 0 aromatic heterocycles. The maximum Gasteiger partial charge on any atom is 0.243 e. The van der Waals surface area contributed by atoms with Gasteiger partial charge in [0.1, 0.15) is 0 Å². The zero-order chi connectivity index (χ0) is 13.3. The Balaban J connectivity index is 1.62. The molecule has 1 heterocycles. The van der Waals surface area contributed by atoms with Crippen LogP contribution in [0.4, 0.5) is 0 Å². The Kier molecular flexibility index (Phi) is 3.63. The van der Waals surface area contributed by atoms with Gasteiger partial charge in [-0.1, -0.05) is 50.3 Å². The largest absolute Gasteiger partial charge is 0.243 e. The fourth-order valence-corrected chi connectivity index (χ4v) is 4.80. The first-order chi connectivity index (χ1) is 9.18. The summed E-state index contributed by atoms with van der Waals surface area (Å²) in [6.07, 6.45) is 7.64. The van der Waals surface area contributed by atoms with Gasteiger partial charge in [-0.05, 0) is 24.5 Å². The van der Waals surface area contributed by atoms with Crippen LogP contribution in [0.2, 0.25) is 0 Å². The maximum absolute atomic E-state index is 12.4. The minimum absolute atomic E-state index is 0.258. The summed E-state index contributed by atoms with van der Waals surface area (Å²) in [5, 5.41) is 0. The molecular formula is C15H21NO2S. The van der Waals surface area contributed by atoms with E-state index in [4.69, 9.17) is 0 Å². The Bertz CT molecular complexity index is 520. The van der Waals surface area contributed by atoms with Gasteiger partial charge >= 0.3 is 0 Å². The molecule has 1 aromatic carbocycles. The number of hydrogen-bond donors (Lipinski definition) is 0. The Morgan fingerprint density at radius 3 is 2.42 bits per heavy atom. The number of hydrogen-bond acceptors (Lipinski definition) is 2. The summed E-state index contributed by atoms with van der Waals surface area (Å²) in [4.78, 5) is 0.432. The highest BCUT2D eigenvalue weighted by molar-refractivity contribution is 7.89. The predicted molar refractivity (Wildman–Crippen MR) is 75.3 cm³/mol. The van der Waals surface area contributed by atoms with E-state index >= 15 is 0 Å². The van der Waals surface area contributed by atoms with E-state index in [-0.39, 0.29) is 6.04 Å². The third-order valence-electron chi connectivity index (χ3n) is 4.34. The normalized spacial score (nSPS) is 28.2. The van der Waals surface area contributed by atoms with Crippen molar-refractivity contribution in [3.05, 3.63) is 30.3 Å². The summed E-state index contributed by atoms with van der Waals surface area (Å²) >= 11 is 0. The van der Waals surface area contributed by atoms with Crippen LogP contribution in [0.3, 0.4) is 0 Å². The summed E-state index contributed by atoms with van der Waals surface area (Å²) in [7, 11) is -3.23. The molecule has 19 heavy (non-hydrogen) atoms. The molecule has 4 heteroatoms. The summed E-state index contributed by atoms with van der Waals surface area (Å²) in [6.45, 7) is 0.716. The molecule has 1 saturated heterocycles. The molecule has 1 aliphatic heterocycles. The van der Waals surface area contributed by atoms with Crippen LogP contribution in [0.15, 0.2) is 35.2 Å². The molecule has 0 amide bonds. The van der Waals surface area contributed by atoms with Gasteiger partial charge in [0.15, 0.2) is 0 Å². The molecule has 2 fully saturated rings. The molecule has 1 saturated carbocycles. The smallest absolute Gasteiger partial charge is 0.207 e. The van der Waals surface area contributed by atoms with Crippen molar-refractivity contribution in [1.82, 2.24) is 4.31 Å². The molecule has 0 radical (unpaired) electrons. The minimum Gasteiger partial charge on any atom is -0.207 e. The van der Waals surface area contributed by atoms with Gasteiger partial charge in [0.25, 0.3) is 0 Å². The molecule has 3 rings (SSSR count). The molecule has 3 nitrogen and oxygen atoms in total. The molecule has 2 unspecified atom stereocenters. The highest BCUT2D eigenvalue weighted by Gasteiger charge is 2.45. The van der Waals surface area contributed by atoms with E-state index in [0.717, 1.165) is 12.3 Å². The van der Waals surface area contributed by atoms with Crippen molar-refractivity contribution >= 4 is 10.0 Å². The highest BCUT2D eigenvalue weighted by atomic mass is 32.2. The molecule has 0 bridgehead atoms. The van der Waals surface area contributed by atoms with Crippen LogP contribution in [0.1, 0.15) is 38.5 Å². The lowest BCUT2D eigenvalue weighted by molar-refractivity contribution is 0.331. The van der Waals surface area contributed by atoms with Gasteiger partial charge in [-0.25, -0.2) is 8.42 Å². The van der Waals surface area contributed by atoms with Crippen LogP contribution in [-0.4, -0.2) is 25.3 Å². The molecule has 0 N–H and O–H groups in total. The van der Waals surface area contributed by atoms with Crippen LogP contribution >= 0.6 is 0 Å². The Morgan fingerprint density at radius 2 is 1.74 bits per heavy atom. The molecule has 104 valence electrons. The highest BCUT2D eigenvalue weighted by Crippen LogP contribution is 2.36. The van der Waals surface area contributed by atoms with Crippen molar-refractivity contribution in [2.45, 2.75) is 49.5 Å². The lowest BCUT2D eigenvalue weighted by Crippen LogP contribution is -2.17. The Morgan fingerprint density at radius 1 is 1.05 bits per heavy atom. The first-order valence-electron chi connectivity index (χ1n) is 7.25. The van der Waals surface area contributed by atoms with Gasteiger partial charge in [0.05, 0.1) is 4.90 Å². The average molecular weight is 279 g/mol. The predicted octanol–water partition coefficient (Wildman–Crippen LogP) is 3.03. The van der Waals surface area contributed by atoms with E-state index in [1.807, 2.05) is 6.07 Å². The fraction of sp³-hybridized carbons (Fsp3) is 0.600. The quantitative estimate of drug-likeness (QED) is 0.794. The number of rotatable bonds is 4. The molecule has 2 aliphatic rings. The lowest BCUT2D eigenvalue weighted by atomic mass is 9.86. The van der Waals surface area contributed by atoms with Crippen LogP contribution < -0.4 is 0 Å². The van der Waals surface area contributed by atoms with E-state index in [0.29, 0.717) is 11.4 Å². The van der Waals surface area contributed by atoms with Gasteiger partial charge < -0.3 is 0 Å². The fourth-order valence-electron chi connectivity index (χ4n) is 3.18. The van der Waals surface area contributed by atoms with E-state index in [1.54, 1.807) is 28.6 Å². The SMILES string of the molecule is O=S(=O)(c1ccccc1)N1CC1CC1CCCCC1. The molecule has 1 aromatic rings. The number of sulfonamides is 1. The maximum atomic E-state index is 12.4. The van der Waals surface area contributed by atoms with Crippen molar-refractivity contribution in [3.63, 3.8) is 0 Å². The van der Waals surface area contributed by atoms with E-state index in [2.05, 4.69) is 0 Å². The minimum atomic E-state index is -3.23. The first-order valence-corrected chi connectivity index (χ1v) is 8.69. The first kappa shape index (κ1) is 13.1. The second-order valence-corrected chi connectivity index (χ2v) is 7.67. The summed E-state index contributed by atoms with van der Waals surface area (Å²) in [5.41, 5.74) is 0. The Labute approximate surface area is 115 Å². The van der Waals surface area contributed by atoms with Crippen molar-refractivity contribution in [2.24, 2.45) is 5.92 Å². The van der Waals surface area contributed by atoms with Crippen LogP contribution in [0.5, 0.6) is 0 Å². The van der Waals surface area contributed by atoms with E-state index in [1.165, 1.54) is 32.1 Å². The summed E-state index contributed by atoms with van der Waals surface area (Å²) < 4.78 is 26.4. The van der Waals surface area contributed by atoms with Crippen molar-refractivity contribution in [3.8, 4) is 0 Å². The van der Waals surface area contributed by atoms with Gasteiger partial charge in [-0.2, -0.15) is 4.31 Å². The average Bonchev–Trinajstić information content (AvgIpc) is 3.21. The van der Waals surface area contributed by atoms with Gasteiger partial charge in [0.2, 0.25) is 10.0 Å². The zero-order valence-corrected chi connectivity index (χ0v) is 12.0. The van der Waals surface area contributed by atoms with Crippen LogP contribution in [0, 0.1) is 5.92 Å². The summed E-state index contributed by atoms with van der Waals surface area (Å²) in [5.74, 6) is 0.745. The van der Waals surface area contributed by atoms with Crippen molar-refractivity contribution in [1.29, 1.82) is 0 Å². The van der Waals surface area contributed by atoms with Gasteiger partial charge in [0, 0.05) is 12.6 Å². The second kappa shape index (κ2) is 5.25. The third kappa shape index (κ3) is 2.84. The summed E-state index contributed by atoms with van der Waals surface area (Å²) in [6, 6.07) is 9.05. The lowest BCUT2D eigenvalue weighted by Gasteiger charge is -2.21. The van der Waals surface area contributed by atoms with Crippen LogP contribution in [-0.2, 0) is 10.0 Å². The molecule has 0 spiro atoms. The molecule has 2 atom stereocenters. The van der Waals surface area contributed by atoms with Crippen molar-refractivity contribution < 1.29 is 8.42 Å². The number of benzene rings is 1. The van der Waals surface area contributed by atoms with Gasteiger partial charge in [-0.3, -0.25) is 0 Å². The third-order valence-corrected chi connectivity index (χ3v) is 6.28. The van der Waals surface area contributed by atoms with Crippen LogP contribution in [0.25, 0.3) is 0 Å². The standard InChI is InChI=1S/C15H21NO2S/c17-19(18,15-9-5-2-6-10-15)16-12-14(16)11-13-7-3-1-4-8-13/h2,5-6,9-10,13-14H,1,3-4,7-8,11-12H2. The monoisotopic (exact) mass is 279 g/mol. The second-order valence-electron chi connectivity index (χ2n) is 5.78. The van der Waals surface area contributed by atoms with Crippen molar-refractivity contribution in [2.75, 3.05) is 6.54 Å². The molecule has 1 aliphatic carbocycles. The topological polar surface area (TPSA) is 37.1 Å². The van der Waals surface area contributed by atoms with Gasteiger partial charge in [-0.15, -0.1) is 0 Å². The van der Waals surface area contributed by atoms with E-state index < -0.39 is 10.0 Å². The molecular weight excluding hydrogens is 258 g/mol. The Hall–Kier alpha value is -0.870.